The van der Waals surface area contributed by atoms with Gasteiger partial charge in [-0.05, 0) is 104 Å². The van der Waals surface area contributed by atoms with Gasteiger partial charge in [0.15, 0.2) is 0 Å². The van der Waals surface area contributed by atoms with E-state index in [4.69, 9.17) is 4.99 Å². The quantitative estimate of drug-likeness (QED) is 0.246. The van der Waals surface area contributed by atoms with E-state index in [0.717, 1.165) is 96.3 Å². The summed E-state index contributed by atoms with van der Waals surface area (Å²) >= 11 is 0. The predicted molar refractivity (Wildman–Crippen MR) is 200 cm³/mol. The molecule has 0 unspecified atom stereocenters. The van der Waals surface area contributed by atoms with Crippen LogP contribution in [0.1, 0.15) is 109 Å². The van der Waals surface area contributed by atoms with Crippen LogP contribution in [0, 0.1) is 5.41 Å². The average Bonchev–Trinajstić information content (AvgIpc) is 3.83. The lowest BCUT2D eigenvalue weighted by atomic mass is 9.90. The van der Waals surface area contributed by atoms with Gasteiger partial charge in [-0.1, -0.05) is 71.9 Å². The summed E-state index contributed by atoms with van der Waals surface area (Å²) in [5.74, 6) is 0. The summed E-state index contributed by atoms with van der Waals surface area (Å²) in [4.78, 5) is 11.8. The number of rotatable bonds is 9. The van der Waals surface area contributed by atoms with Crippen molar-refractivity contribution >= 4 is 34.7 Å². The van der Waals surface area contributed by atoms with E-state index in [1.165, 1.54) is 44.8 Å². The second-order valence-corrected chi connectivity index (χ2v) is 12.5. The van der Waals surface area contributed by atoms with Crippen molar-refractivity contribution in [2.75, 3.05) is 6.54 Å². The van der Waals surface area contributed by atoms with E-state index in [-0.39, 0.29) is 0 Å². The molecule has 0 atom stereocenters. The number of benzene rings is 1. The summed E-state index contributed by atoms with van der Waals surface area (Å²) in [5, 5.41) is 12.0. The fraction of sp³-hybridized carbons (Fsp3) is 0.381. The molecular formula is C42H51N5. The van der Waals surface area contributed by atoms with Crippen molar-refractivity contribution in [3.63, 3.8) is 0 Å². The van der Waals surface area contributed by atoms with Crippen molar-refractivity contribution in [3.05, 3.63) is 115 Å². The zero-order valence-corrected chi connectivity index (χ0v) is 29.7. The molecule has 8 bridgehead atoms. The summed E-state index contributed by atoms with van der Waals surface area (Å²) in [6.07, 6.45) is 10.1. The van der Waals surface area contributed by atoms with Crippen molar-refractivity contribution in [2.45, 2.75) is 100 Å². The highest BCUT2D eigenvalue weighted by molar-refractivity contribution is 6.36. The number of hydrogen-bond donors (Lipinski definition) is 2. The van der Waals surface area contributed by atoms with Crippen molar-refractivity contribution in [1.29, 1.82) is 5.41 Å². The van der Waals surface area contributed by atoms with Gasteiger partial charge in [0, 0.05) is 46.2 Å². The smallest absolute Gasteiger partial charge is 0.0879 e. The highest BCUT2D eigenvalue weighted by atomic mass is 15.2. The monoisotopic (exact) mass is 625 g/mol. The van der Waals surface area contributed by atoms with Crippen LogP contribution in [0.15, 0.2) is 81.3 Å². The zero-order valence-electron chi connectivity index (χ0n) is 29.7. The Balaban J connectivity index is 1.83. The van der Waals surface area contributed by atoms with Gasteiger partial charge in [-0.15, -0.1) is 0 Å². The third kappa shape index (κ3) is 5.15. The topological polar surface area (TPSA) is 60.2 Å². The maximum absolute atomic E-state index is 9.82. The maximum Gasteiger partial charge on any atom is 0.0879 e. The largest absolute Gasteiger partial charge is 0.355 e. The molecule has 6 rings (SSSR count). The molecule has 0 aliphatic carbocycles. The van der Waals surface area contributed by atoms with Crippen LogP contribution in [0.4, 0.5) is 0 Å². The van der Waals surface area contributed by atoms with Gasteiger partial charge >= 0.3 is 0 Å². The van der Waals surface area contributed by atoms with Crippen molar-refractivity contribution in [1.82, 2.24) is 14.5 Å². The Morgan fingerprint density at radius 1 is 0.660 bits per heavy atom. The molecule has 2 N–H and O–H groups in total. The summed E-state index contributed by atoms with van der Waals surface area (Å²) in [6, 6.07) is 14.9. The van der Waals surface area contributed by atoms with Crippen LogP contribution in [0.3, 0.4) is 0 Å². The van der Waals surface area contributed by atoms with Gasteiger partial charge in [-0.3, -0.25) is 5.41 Å². The summed E-state index contributed by atoms with van der Waals surface area (Å²) in [7, 11) is 0. The van der Waals surface area contributed by atoms with E-state index < -0.39 is 0 Å². The molecule has 0 saturated heterocycles. The lowest BCUT2D eigenvalue weighted by Crippen LogP contribution is -2.24. The first kappa shape index (κ1) is 32.6. The number of nitrogens with one attached hydrogen (secondary N) is 2. The van der Waals surface area contributed by atoms with Gasteiger partial charge in [-0.2, -0.15) is 0 Å². The number of aromatic nitrogens is 2. The Kier molecular flexibility index (Phi) is 9.27. The summed E-state index contributed by atoms with van der Waals surface area (Å²) in [5.41, 5.74) is 17.7. The summed E-state index contributed by atoms with van der Waals surface area (Å²) < 4.78 is 2.55. The SMILES string of the molecule is CCC1=C(CC)C2=C(CC)c3c(CC)c(CC)c(n3CC)C=c3ccc([nH]3)=CC3=C(c4ccccc4)C(=N)C(=C(CC)C1=N2)N3CC. The first-order valence-corrected chi connectivity index (χ1v) is 18.0. The standard InChI is InChI=1S/C42H51N5/c1-9-29-32(12-4)41-33(13-5)39-30(10-2)31(11-3)40(45-39)34(14-6)42-38(43)37(26-20-18-17-19-21-26)36(47(42)16-8)25-28-23-22-27(44-28)24-35(29)46(41)15-7/h17-25,43-44H,9-16H2,1-8H3. The first-order chi connectivity index (χ1) is 22.9. The summed E-state index contributed by atoms with van der Waals surface area (Å²) in [6.45, 7) is 19.8. The Hall–Kier alpha value is -4.38. The minimum Gasteiger partial charge on any atom is -0.355 e. The third-order valence-electron chi connectivity index (χ3n) is 10.3. The molecule has 5 heterocycles. The van der Waals surface area contributed by atoms with Gasteiger partial charge in [0.05, 0.1) is 34.2 Å². The zero-order chi connectivity index (χ0) is 33.4. The lowest BCUT2D eigenvalue weighted by molar-refractivity contribution is 0.500. The number of aromatic amines is 1. The fourth-order valence-corrected chi connectivity index (χ4v) is 8.26. The maximum atomic E-state index is 9.82. The molecule has 47 heavy (non-hydrogen) atoms. The Labute approximate surface area is 281 Å². The van der Waals surface area contributed by atoms with Gasteiger partial charge in [0.25, 0.3) is 0 Å². The molecule has 0 saturated carbocycles. The Bertz CT molecular complexity index is 2020. The number of nitrogens with zero attached hydrogens (tertiary/aromatic N) is 3. The fourth-order valence-electron chi connectivity index (χ4n) is 8.26. The van der Waals surface area contributed by atoms with E-state index in [9.17, 15) is 5.41 Å². The molecule has 0 spiro atoms. The van der Waals surface area contributed by atoms with Crippen molar-refractivity contribution < 1.29 is 0 Å². The third-order valence-corrected chi connectivity index (χ3v) is 10.3. The van der Waals surface area contributed by atoms with Crippen LogP contribution in [0.25, 0.3) is 23.3 Å². The van der Waals surface area contributed by atoms with Crippen LogP contribution in [-0.2, 0) is 19.4 Å². The first-order valence-electron chi connectivity index (χ1n) is 18.0. The van der Waals surface area contributed by atoms with Crippen LogP contribution < -0.4 is 10.7 Å². The van der Waals surface area contributed by atoms with Crippen molar-refractivity contribution in [3.8, 4) is 0 Å². The molecule has 3 aliphatic rings. The number of aliphatic imine (C=N–C) groups is 1. The van der Waals surface area contributed by atoms with E-state index >= 15 is 0 Å². The molecular weight excluding hydrogens is 574 g/mol. The number of fused-ring (bicyclic) bond motifs is 7. The van der Waals surface area contributed by atoms with Crippen LogP contribution in [0.2, 0.25) is 0 Å². The van der Waals surface area contributed by atoms with Gasteiger partial charge < -0.3 is 14.5 Å². The highest BCUT2D eigenvalue weighted by Gasteiger charge is 2.37. The molecule has 244 valence electrons. The molecule has 0 fully saturated rings. The Morgan fingerprint density at radius 2 is 1.30 bits per heavy atom. The molecule has 0 radical (unpaired) electrons. The Morgan fingerprint density at radius 3 is 1.87 bits per heavy atom. The molecule has 5 nitrogen and oxygen atoms in total. The predicted octanol–water partition coefficient (Wildman–Crippen LogP) is 8.71. The minimum absolute atomic E-state index is 0.582. The van der Waals surface area contributed by atoms with Crippen LogP contribution >= 0.6 is 0 Å². The van der Waals surface area contributed by atoms with Gasteiger partial charge in [0.2, 0.25) is 0 Å². The average molecular weight is 626 g/mol. The molecule has 0 amide bonds. The minimum atomic E-state index is 0.582. The van der Waals surface area contributed by atoms with Gasteiger partial charge in [0.1, 0.15) is 0 Å². The van der Waals surface area contributed by atoms with Crippen molar-refractivity contribution in [2.24, 2.45) is 4.99 Å². The van der Waals surface area contributed by atoms with E-state index in [2.05, 4.69) is 124 Å². The molecule has 5 heteroatoms. The number of hydrogen-bond acceptors (Lipinski definition) is 3. The molecule has 2 aromatic heterocycles. The highest BCUT2D eigenvalue weighted by Crippen LogP contribution is 2.44. The molecule has 1 aromatic carbocycles. The van der Waals surface area contributed by atoms with E-state index in [1.54, 1.807) is 0 Å². The number of H-pyrrole nitrogens is 1. The second-order valence-electron chi connectivity index (χ2n) is 12.5. The second kappa shape index (κ2) is 13.4. The normalized spacial score (nSPS) is 16.5. The van der Waals surface area contributed by atoms with Crippen LogP contribution in [0.5, 0.6) is 0 Å². The molecule has 3 aliphatic heterocycles. The van der Waals surface area contributed by atoms with E-state index in [1.807, 2.05) is 0 Å². The molecule has 3 aromatic rings. The lowest BCUT2D eigenvalue weighted by Gasteiger charge is -2.24. The van der Waals surface area contributed by atoms with E-state index in [0.29, 0.717) is 5.71 Å². The number of allylic oxidation sites excluding steroid dienone is 6. The van der Waals surface area contributed by atoms with Crippen LogP contribution in [-0.4, -0.2) is 32.4 Å². The van der Waals surface area contributed by atoms with Gasteiger partial charge in [-0.25, -0.2) is 4.99 Å².